The van der Waals surface area contributed by atoms with Gasteiger partial charge < -0.3 is 18.9 Å². The van der Waals surface area contributed by atoms with E-state index in [1.807, 2.05) is 0 Å². The summed E-state index contributed by atoms with van der Waals surface area (Å²) in [6.45, 7) is 7.37. The molecule has 0 aromatic heterocycles. The Morgan fingerprint density at radius 3 is 1.93 bits per heavy atom. The van der Waals surface area contributed by atoms with Gasteiger partial charge in [0.05, 0.1) is 6.10 Å². The maximum atomic E-state index is 11.4. The molecule has 0 aromatic carbocycles. The highest BCUT2D eigenvalue weighted by atomic mass is 16.7. The minimum atomic E-state index is -0.599. The van der Waals surface area contributed by atoms with Crippen molar-refractivity contribution < 1.29 is 28.5 Å². The molecule has 0 unspecified atom stereocenters. The maximum absolute atomic E-state index is 11.4. The van der Waals surface area contributed by atoms with Crippen LogP contribution >= 0.6 is 0 Å². The zero-order valence-corrected chi connectivity index (χ0v) is 18.2. The van der Waals surface area contributed by atoms with Crippen LogP contribution in [0.1, 0.15) is 98.3 Å². The molecule has 0 saturated carbocycles. The van der Waals surface area contributed by atoms with Crippen LogP contribution in [0.2, 0.25) is 0 Å². The average molecular weight is 401 g/mol. The molecular formula is C22H40O6. The Morgan fingerprint density at radius 2 is 1.39 bits per heavy atom. The predicted molar refractivity (Wildman–Crippen MR) is 108 cm³/mol. The predicted octanol–water partition coefficient (Wildman–Crippen LogP) is 4.92. The number of ether oxygens (including phenoxy) is 4. The Hall–Kier alpha value is -1.14. The van der Waals surface area contributed by atoms with Gasteiger partial charge in [0.2, 0.25) is 0 Å². The van der Waals surface area contributed by atoms with Crippen molar-refractivity contribution in [2.24, 2.45) is 0 Å². The summed E-state index contributed by atoms with van der Waals surface area (Å²) in [4.78, 5) is 22.7. The molecule has 6 heteroatoms. The summed E-state index contributed by atoms with van der Waals surface area (Å²) >= 11 is 0. The number of rotatable bonds is 14. The summed E-state index contributed by atoms with van der Waals surface area (Å²) in [6, 6.07) is 0. The largest absolute Gasteiger partial charge is 0.458 e. The van der Waals surface area contributed by atoms with Gasteiger partial charge >= 0.3 is 11.9 Å². The maximum Gasteiger partial charge on any atom is 0.303 e. The van der Waals surface area contributed by atoms with Crippen LogP contribution in [-0.4, -0.2) is 43.1 Å². The molecule has 0 amide bonds. The molecule has 6 nitrogen and oxygen atoms in total. The highest BCUT2D eigenvalue weighted by Crippen LogP contribution is 2.26. The van der Waals surface area contributed by atoms with Crippen LogP contribution < -0.4 is 0 Å². The van der Waals surface area contributed by atoms with Gasteiger partial charge in [-0.1, -0.05) is 64.7 Å². The zero-order chi connectivity index (χ0) is 20.8. The average Bonchev–Trinajstić information content (AvgIpc) is 2.62. The molecule has 1 fully saturated rings. The lowest BCUT2D eigenvalue weighted by Gasteiger charge is -2.38. The SMILES string of the molecule is CCCCCCCCCCCCO[C@H]1C[C@H](OC(C)=O)[C@@H](OC(C)=O)[C@H](C)O1. The van der Waals surface area contributed by atoms with E-state index in [0.29, 0.717) is 13.0 Å². The van der Waals surface area contributed by atoms with Crippen molar-refractivity contribution in [2.75, 3.05) is 6.61 Å². The Morgan fingerprint density at radius 1 is 0.857 bits per heavy atom. The van der Waals surface area contributed by atoms with Crippen LogP contribution in [0, 0.1) is 0 Å². The molecule has 1 heterocycles. The van der Waals surface area contributed by atoms with E-state index >= 15 is 0 Å². The molecule has 28 heavy (non-hydrogen) atoms. The molecule has 1 rings (SSSR count). The molecule has 4 atom stereocenters. The molecule has 0 aromatic rings. The van der Waals surface area contributed by atoms with E-state index in [-0.39, 0.29) is 6.10 Å². The van der Waals surface area contributed by atoms with Crippen molar-refractivity contribution >= 4 is 11.9 Å². The lowest BCUT2D eigenvalue weighted by atomic mass is 10.0. The molecule has 1 saturated heterocycles. The molecule has 0 bridgehead atoms. The molecular weight excluding hydrogens is 360 g/mol. The number of hydrogen-bond donors (Lipinski definition) is 0. The van der Waals surface area contributed by atoms with Gasteiger partial charge in [-0.3, -0.25) is 9.59 Å². The van der Waals surface area contributed by atoms with Gasteiger partial charge in [-0.05, 0) is 13.3 Å². The minimum absolute atomic E-state index is 0.375. The quantitative estimate of drug-likeness (QED) is 0.304. The third-order valence-electron chi connectivity index (χ3n) is 5.04. The fourth-order valence-corrected chi connectivity index (χ4v) is 3.60. The number of unbranched alkanes of at least 4 members (excludes halogenated alkanes) is 9. The van der Waals surface area contributed by atoms with E-state index in [1.54, 1.807) is 6.92 Å². The third-order valence-corrected chi connectivity index (χ3v) is 5.04. The van der Waals surface area contributed by atoms with Gasteiger partial charge in [-0.2, -0.15) is 0 Å². The topological polar surface area (TPSA) is 71.1 Å². The zero-order valence-electron chi connectivity index (χ0n) is 18.2. The smallest absolute Gasteiger partial charge is 0.303 e. The summed E-state index contributed by atoms with van der Waals surface area (Å²) in [5.74, 6) is -0.813. The summed E-state index contributed by atoms with van der Waals surface area (Å²) in [5.41, 5.74) is 0. The van der Waals surface area contributed by atoms with Gasteiger partial charge in [0.25, 0.3) is 0 Å². The first-order valence-corrected chi connectivity index (χ1v) is 11.1. The second kappa shape index (κ2) is 14.8. The number of carbonyl (C=O) groups is 2. The second-order valence-electron chi connectivity index (χ2n) is 7.78. The van der Waals surface area contributed by atoms with Crippen molar-refractivity contribution in [1.82, 2.24) is 0 Å². The summed E-state index contributed by atoms with van der Waals surface area (Å²) in [7, 11) is 0. The van der Waals surface area contributed by atoms with Gasteiger partial charge in [-0.25, -0.2) is 0 Å². The van der Waals surface area contributed by atoms with Crippen molar-refractivity contribution in [3.8, 4) is 0 Å². The lowest BCUT2D eigenvalue weighted by Crippen LogP contribution is -2.51. The third kappa shape index (κ3) is 11.0. The fourth-order valence-electron chi connectivity index (χ4n) is 3.60. The van der Waals surface area contributed by atoms with E-state index in [9.17, 15) is 9.59 Å². The number of carbonyl (C=O) groups excluding carboxylic acids is 2. The van der Waals surface area contributed by atoms with E-state index < -0.39 is 30.4 Å². The normalized spacial score (nSPS) is 24.7. The van der Waals surface area contributed by atoms with Crippen LogP contribution in [0.15, 0.2) is 0 Å². The highest BCUT2D eigenvalue weighted by molar-refractivity contribution is 5.67. The van der Waals surface area contributed by atoms with E-state index in [0.717, 1.165) is 12.8 Å². The first kappa shape index (κ1) is 24.9. The molecule has 0 spiro atoms. The lowest BCUT2D eigenvalue weighted by molar-refractivity contribution is -0.255. The molecule has 164 valence electrons. The Labute approximate surface area is 170 Å². The van der Waals surface area contributed by atoms with E-state index in [2.05, 4.69) is 6.92 Å². The van der Waals surface area contributed by atoms with Crippen LogP contribution in [0.4, 0.5) is 0 Å². The van der Waals surface area contributed by atoms with Crippen molar-refractivity contribution in [2.45, 2.75) is 123 Å². The van der Waals surface area contributed by atoms with Gasteiger partial charge in [0, 0.05) is 26.9 Å². The van der Waals surface area contributed by atoms with Gasteiger partial charge in [-0.15, -0.1) is 0 Å². The van der Waals surface area contributed by atoms with Crippen LogP contribution in [-0.2, 0) is 28.5 Å². The Kier molecular flexibility index (Phi) is 13.2. The van der Waals surface area contributed by atoms with Crippen molar-refractivity contribution in [3.05, 3.63) is 0 Å². The standard InChI is InChI=1S/C22H40O6/c1-5-6-7-8-9-10-11-12-13-14-15-25-21-16-20(27-18(3)23)22(17(2)26-21)28-19(4)24/h17,20-22H,5-16H2,1-4H3/t17-,20-,21+,22-/m0/s1. The minimum Gasteiger partial charge on any atom is -0.458 e. The highest BCUT2D eigenvalue weighted by Gasteiger charge is 2.41. The second-order valence-corrected chi connectivity index (χ2v) is 7.78. The number of hydrogen-bond acceptors (Lipinski definition) is 6. The molecule has 0 aliphatic carbocycles. The Bertz CT molecular complexity index is 439. The molecule has 1 aliphatic rings. The van der Waals surface area contributed by atoms with E-state index in [4.69, 9.17) is 18.9 Å². The molecule has 1 aliphatic heterocycles. The summed E-state index contributed by atoms with van der Waals surface area (Å²) in [5, 5.41) is 0. The van der Waals surface area contributed by atoms with Crippen LogP contribution in [0.5, 0.6) is 0 Å². The van der Waals surface area contributed by atoms with Crippen molar-refractivity contribution in [3.63, 3.8) is 0 Å². The molecule has 0 radical (unpaired) electrons. The molecule has 0 N–H and O–H groups in total. The van der Waals surface area contributed by atoms with Crippen molar-refractivity contribution in [1.29, 1.82) is 0 Å². The Balaban J connectivity index is 2.19. The summed E-state index contributed by atoms with van der Waals surface area (Å²) in [6.07, 6.45) is 11.2. The monoisotopic (exact) mass is 400 g/mol. The first-order valence-electron chi connectivity index (χ1n) is 11.1. The number of esters is 2. The van der Waals surface area contributed by atoms with E-state index in [1.165, 1.54) is 65.2 Å². The summed E-state index contributed by atoms with van der Waals surface area (Å²) < 4.78 is 22.3. The van der Waals surface area contributed by atoms with Crippen LogP contribution in [0.3, 0.4) is 0 Å². The van der Waals surface area contributed by atoms with Gasteiger partial charge in [0.15, 0.2) is 12.4 Å². The first-order chi connectivity index (χ1) is 13.4. The fraction of sp³-hybridized carbons (Fsp3) is 0.909. The van der Waals surface area contributed by atoms with Crippen LogP contribution in [0.25, 0.3) is 0 Å². The van der Waals surface area contributed by atoms with Gasteiger partial charge in [0.1, 0.15) is 6.10 Å².